The number of hydrogen-bond donors (Lipinski definition) is 0. The summed E-state index contributed by atoms with van der Waals surface area (Å²) >= 11 is 0. The predicted octanol–water partition coefficient (Wildman–Crippen LogP) is 3.61. The summed E-state index contributed by atoms with van der Waals surface area (Å²) in [5.41, 5.74) is 0.684. The highest BCUT2D eigenvalue weighted by Gasteiger charge is 2.31. The van der Waals surface area contributed by atoms with E-state index in [-0.39, 0.29) is 0 Å². The molecule has 0 saturated heterocycles. The Morgan fingerprint density at radius 1 is 1.33 bits per heavy atom. The smallest absolute Gasteiger partial charge is 0.260 e. The molecule has 4 heteroatoms. The van der Waals surface area contributed by atoms with Gasteiger partial charge in [-0.05, 0) is 30.9 Å². The summed E-state index contributed by atoms with van der Waals surface area (Å²) in [5, 5.41) is 0. The Labute approximate surface area is 87.3 Å². The molecule has 0 bridgehead atoms. The van der Waals surface area contributed by atoms with Crippen molar-refractivity contribution in [3.8, 4) is 0 Å². The first-order valence-corrected chi connectivity index (χ1v) is 4.83. The topological polar surface area (TPSA) is 12.9 Å². The average molecular weight is 217 g/mol. The van der Waals surface area contributed by atoms with Crippen LogP contribution in [0.25, 0.3) is 0 Å². The third-order valence-electron chi connectivity index (χ3n) is 2.12. The molecule has 0 amide bonds. The molecule has 0 aromatic carbocycles. The number of rotatable bonds is 2. The van der Waals surface area contributed by atoms with Gasteiger partial charge in [0.2, 0.25) is 0 Å². The first-order valence-electron chi connectivity index (χ1n) is 4.83. The van der Waals surface area contributed by atoms with E-state index in [1.165, 1.54) is 0 Å². The van der Waals surface area contributed by atoms with Gasteiger partial charge in [0.15, 0.2) is 0 Å². The Morgan fingerprint density at radius 2 is 1.93 bits per heavy atom. The van der Waals surface area contributed by atoms with Gasteiger partial charge in [0.1, 0.15) is 0 Å². The van der Waals surface area contributed by atoms with E-state index < -0.39 is 11.7 Å². The van der Waals surface area contributed by atoms with Crippen LogP contribution in [0.4, 0.5) is 13.2 Å². The predicted molar refractivity (Wildman–Crippen MR) is 52.5 cm³/mol. The van der Waals surface area contributed by atoms with Crippen molar-refractivity contribution in [1.82, 2.24) is 4.98 Å². The van der Waals surface area contributed by atoms with Crippen molar-refractivity contribution in [3.05, 3.63) is 29.1 Å². The Balaban J connectivity index is 2.98. The zero-order valence-corrected chi connectivity index (χ0v) is 9.02. The molecular weight excluding hydrogens is 203 g/mol. The molecule has 1 aromatic rings. The van der Waals surface area contributed by atoms with Gasteiger partial charge in [-0.3, -0.25) is 4.98 Å². The maximum absolute atomic E-state index is 12.3. The van der Waals surface area contributed by atoms with Crippen molar-refractivity contribution in [2.45, 2.75) is 33.4 Å². The lowest BCUT2D eigenvalue weighted by Crippen LogP contribution is -2.08. The number of alkyl halides is 3. The molecular formula is C11H14F3N. The first-order chi connectivity index (χ1) is 6.80. The number of halogens is 3. The number of hydrogen-bond acceptors (Lipinski definition) is 1. The Morgan fingerprint density at radius 3 is 2.33 bits per heavy atom. The van der Waals surface area contributed by atoms with Crippen LogP contribution in [0.1, 0.15) is 30.7 Å². The van der Waals surface area contributed by atoms with Crippen molar-refractivity contribution >= 4 is 0 Å². The summed E-state index contributed by atoms with van der Waals surface area (Å²) in [6.45, 7) is 5.69. The lowest BCUT2D eigenvalue weighted by molar-refractivity contribution is -0.137. The quantitative estimate of drug-likeness (QED) is 0.737. The zero-order valence-electron chi connectivity index (χ0n) is 9.02. The summed E-state index contributed by atoms with van der Waals surface area (Å²) in [4.78, 5) is 3.86. The average Bonchev–Trinajstić information content (AvgIpc) is 2.05. The van der Waals surface area contributed by atoms with Crippen molar-refractivity contribution in [3.63, 3.8) is 0 Å². The van der Waals surface area contributed by atoms with Crippen LogP contribution in [-0.4, -0.2) is 4.98 Å². The van der Waals surface area contributed by atoms with Crippen LogP contribution in [0.3, 0.4) is 0 Å². The highest BCUT2D eigenvalue weighted by Crippen LogP contribution is 2.29. The van der Waals surface area contributed by atoms with E-state index in [1.807, 2.05) is 13.8 Å². The third kappa shape index (κ3) is 3.22. The van der Waals surface area contributed by atoms with E-state index >= 15 is 0 Å². The molecule has 15 heavy (non-hydrogen) atoms. The molecule has 0 atom stereocenters. The van der Waals surface area contributed by atoms with Gasteiger partial charge in [0, 0.05) is 11.9 Å². The summed E-state index contributed by atoms with van der Waals surface area (Å²) in [6.07, 6.45) is -2.68. The number of aryl methyl sites for hydroxylation is 1. The number of pyridine rings is 1. The van der Waals surface area contributed by atoms with Crippen molar-refractivity contribution in [2.75, 3.05) is 0 Å². The molecule has 0 saturated carbocycles. The van der Waals surface area contributed by atoms with Crippen LogP contribution in [0.15, 0.2) is 12.3 Å². The lowest BCUT2D eigenvalue weighted by atomic mass is 10.0. The molecule has 1 nitrogen and oxygen atoms in total. The van der Waals surface area contributed by atoms with Crippen LogP contribution < -0.4 is 0 Å². The molecule has 84 valence electrons. The summed E-state index contributed by atoms with van der Waals surface area (Å²) in [6, 6.07) is 1.16. The van der Waals surface area contributed by atoms with E-state index in [0.29, 0.717) is 17.9 Å². The maximum atomic E-state index is 12.3. The van der Waals surface area contributed by atoms with Gasteiger partial charge in [0.25, 0.3) is 0 Å². The van der Waals surface area contributed by atoms with Gasteiger partial charge in [-0.25, -0.2) is 0 Å². The molecule has 1 heterocycles. The van der Waals surface area contributed by atoms with Gasteiger partial charge < -0.3 is 0 Å². The molecule has 0 aliphatic heterocycles. The number of nitrogens with zero attached hydrogens (tertiary/aromatic N) is 1. The monoisotopic (exact) mass is 217 g/mol. The van der Waals surface area contributed by atoms with Crippen LogP contribution >= 0.6 is 0 Å². The molecule has 0 unspecified atom stereocenters. The van der Waals surface area contributed by atoms with Crippen LogP contribution in [0.5, 0.6) is 0 Å². The fourth-order valence-electron chi connectivity index (χ4n) is 1.36. The van der Waals surface area contributed by atoms with Crippen molar-refractivity contribution in [1.29, 1.82) is 0 Å². The SMILES string of the molecule is Cc1cc(C(F)(F)F)cnc1CC(C)C. The molecule has 1 aromatic heterocycles. The fraction of sp³-hybridized carbons (Fsp3) is 0.545. The summed E-state index contributed by atoms with van der Waals surface area (Å²) < 4.78 is 37.0. The molecule has 0 aliphatic carbocycles. The molecule has 1 rings (SSSR count). The highest BCUT2D eigenvalue weighted by molar-refractivity contribution is 5.26. The zero-order chi connectivity index (χ0) is 11.6. The second-order valence-electron chi connectivity index (χ2n) is 4.08. The van der Waals surface area contributed by atoms with Crippen LogP contribution in [-0.2, 0) is 12.6 Å². The summed E-state index contributed by atoms with van der Waals surface area (Å²) in [7, 11) is 0. The van der Waals surface area contributed by atoms with Crippen LogP contribution in [0, 0.1) is 12.8 Å². The summed E-state index contributed by atoms with van der Waals surface area (Å²) in [5.74, 6) is 0.396. The van der Waals surface area contributed by atoms with E-state index in [9.17, 15) is 13.2 Å². The normalized spacial score (nSPS) is 12.2. The molecule has 0 N–H and O–H groups in total. The third-order valence-corrected chi connectivity index (χ3v) is 2.12. The number of aromatic nitrogens is 1. The van der Waals surface area contributed by atoms with E-state index in [2.05, 4.69) is 4.98 Å². The fourth-order valence-corrected chi connectivity index (χ4v) is 1.36. The minimum Gasteiger partial charge on any atom is -0.260 e. The maximum Gasteiger partial charge on any atom is 0.417 e. The molecule has 0 spiro atoms. The van der Waals surface area contributed by atoms with Gasteiger partial charge in [0.05, 0.1) is 5.56 Å². The Hall–Kier alpha value is -1.06. The Kier molecular flexibility index (Phi) is 3.37. The standard InChI is InChI=1S/C11H14F3N/c1-7(2)4-10-8(3)5-9(6-15-10)11(12,13)14/h5-7H,4H2,1-3H3. The Bertz CT molecular complexity index is 342. The minimum atomic E-state index is -4.30. The first kappa shape index (κ1) is 12.0. The van der Waals surface area contributed by atoms with E-state index in [0.717, 1.165) is 18.0 Å². The van der Waals surface area contributed by atoms with E-state index in [1.54, 1.807) is 6.92 Å². The van der Waals surface area contributed by atoms with Gasteiger partial charge >= 0.3 is 6.18 Å². The highest BCUT2D eigenvalue weighted by atomic mass is 19.4. The largest absolute Gasteiger partial charge is 0.417 e. The second-order valence-corrected chi connectivity index (χ2v) is 4.08. The van der Waals surface area contributed by atoms with Gasteiger partial charge in [-0.2, -0.15) is 13.2 Å². The van der Waals surface area contributed by atoms with E-state index in [4.69, 9.17) is 0 Å². The minimum absolute atomic E-state index is 0.396. The second kappa shape index (κ2) is 4.21. The van der Waals surface area contributed by atoms with Crippen molar-refractivity contribution in [2.24, 2.45) is 5.92 Å². The molecule has 0 radical (unpaired) electrons. The van der Waals surface area contributed by atoms with Crippen molar-refractivity contribution < 1.29 is 13.2 Å². The lowest BCUT2D eigenvalue weighted by Gasteiger charge is -2.11. The molecule has 0 aliphatic rings. The molecule has 0 fully saturated rings. The van der Waals surface area contributed by atoms with Gasteiger partial charge in [-0.1, -0.05) is 13.8 Å². The van der Waals surface area contributed by atoms with Crippen LogP contribution in [0.2, 0.25) is 0 Å². The van der Waals surface area contributed by atoms with Gasteiger partial charge in [-0.15, -0.1) is 0 Å².